The number of hydrogen-bond acceptors (Lipinski definition) is 10. The summed E-state index contributed by atoms with van der Waals surface area (Å²) in [6, 6.07) is 0. The zero-order chi connectivity index (χ0) is 29.1. The van der Waals surface area contributed by atoms with Crippen molar-refractivity contribution in [1.29, 1.82) is 0 Å². The number of aliphatic hydroxyl groups is 2. The maximum atomic E-state index is 14.1. The molecule has 0 aromatic heterocycles. The summed E-state index contributed by atoms with van der Waals surface area (Å²) in [5.74, 6) is -4.35. The van der Waals surface area contributed by atoms with E-state index < -0.39 is 70.0 Å². The van der Waals surface area contributed by atoms with Gasteiger partial charge in [0.2, 0.25) is 11.6 Å². The molecule has 1 heterocycles. The van der Waals surface area contributed by atoms with Crippen molar-refractivity contribution in [2.24, 2.45) is 22.7 Å². The molecule has 1 aliphatic heterocycles. The van der Waals surface area contributed by atoms with Crippen LogP contribution in [0.1, 0.15) is 60.8 Å². The molecule has 0 radical (unpaired) electrons. The lowest BCUT2D eigenvalue weighted by Gasteiger charge is -2.56. The van der Waals surface area contributed by atoms with Crippen LogP contribution in [0.25, 0.3) is 0 Å². The Morgan fingerprint density at radius 2 is 1.87 bits per heavy atom. The van der Waals surface area contributed by atoms with Crippen molar-refractivity contribution in [3.8, 4) is 0 Å². The molecule has 216 valence electrons. The smallest absolute Gasteiger partial charge is 0.336 e. The number of cyclic esters (lactones) is 1. The Morgan fingerprint density at radius 3 is 2.44 bits per heavy atom. The predicted octanol–water partition coefficient (Wildman–Crippen LogP) is 1.72. The second kappa shape index (κ2) is 10.1. The van der Waals surface area contributed by atoms with Crippen LogP contribution in [0, 0.1) is 22.7 Å². The summed E-state index contributed by atoms with van der Waals surface area (Å²) in [7, 11) is 1.46. The Labute approximate surface area is 229 Å². The number of aliphatic hydroxyl groups excluding tert-OH is 2. The van der Waals surface area contributed by atoms with Crippen LogP contribution in [0.3, 0.4) is 0 Å². The normalized spacial score (nSPS) is 37.3. The largest absolute Gasteiger partial charge is 0.458 e. The van der Waals surface area contributed by atoms with E-state index in [1.54, 1.807) is 11.8 Å². The van der Waals surface area contributed by atoms with Gasteiger partial charge < -0.3 is 29.3 Å². The summed E-state index contributed by atoms with van der Waals surface area (Å²) in [6.07, 6.45) is 0.195. The minimum atomic E-state index is -1.26. The lowest BCUT2D eigenvalue weighted by molar-refractivity contribution is -0.175. The number of hydrogen-bond donors (Lipinski definition) is 2. The average Bonchev–Trinajstić information content (AvgIpc) is 3.12. The molecule has 0 amide bonds. The van der Waals surface area contributed by atoms with Crippen LogP contribution in [-0.4, -0.2) is 89.3 Å². The monoisotopic (exact) mass is 547 g/mol. The Kier molecular flexibility index (Phi) is 7.64. The molecule has 4 aliphatic rings. The van der Waals surface area contributed by atoms with E-state index in [1.165, 1.54) is 20.2 Å². The van der Waals surface area contributed by atoms with Crippen molar-refractivity contribution >= 4 is 23.5 Å². The van der Waals surface area contributed by atoms with Crippen LogP contribution in [0.2, 0.25) is 0 Å². The number of Topliss-reactive ketones (excluding diaryl/α,β-unsaturated/α-hetero) is 2. The van der Waals surface area contributed by atoms with Gasteiger partial charge in [0.25, 0.3) is 0 Å². The molecule has 10 nitrogen and oxygen atoms in total. The van der Waals surface area contributed by atoms with Crippen molar-refractivity contribution < 1.29 is 43.6 Å². The standard InChI is InChI=1S/C29H41NO9/c1-15(32)38-18-12-28(5)17(8-9-19(28)33)21-23(18)29(6)20(14-37-7)39-26(36)16(22(29)25(35)24(21)34)13-30(10-11-31)27(2,3)4/h13,17-20,22,31,33H,8-12,14H2,1-7H3/b16-13-/t17?,18-,19+,20-,22?,28+,29+/m1/s1. The Hall–Kier alpha value is -2.56. The molecule has 1 saturated heterocycles. The van der Waals surface area contributed by atoms with Crippen molar-refractivity contribution in [3.05, 3.63) is 22.9 Å². The van der Waals surface area contributed by atoms with E-state index in [4.69, 9.17) is 14.2 Å². The van der Waals surface area contributed by atoms with Gasteiger partial charge in [-0.25, -0.2) is 4.79 Å². The number of fused-ring (bicyclic) bond motifs is 4. The highest BCUT2D eigenvalue weighted by Crippen LogP contribution is 2.63. The first-order valence-corrected chi connectivity index (χ1v) is 13.6. The molecule has 2 fully saturated rings. The van der Waals surface area contributed by atoms with Crippen molar-refractivity contribution in [3.63, 3.8) is 0 Å². The first kappa shape index (κ1) is 29.4. The van der Waals surface area contributed by atoms with E-state index in [2.05, 4.69) is 0 Å². The third-order valence-corrected chi connectivity index (χ3v) is 9.37. The van der Waals surface area contributed by atoms with Crippen LogP contribution < -0.4 is 0 Å². The lowest BCUT2D eigenvalue weighted by Crippen LogP contribution is -2.63. The molecule has 0 aromatic carbocycles. The van der Waals surface area contributed by atoms with Crippen LogP contribution in [0.15, 0.2) is 22.9 Å². The number of nitrogens with zero attached hydrogens (tertiary/aromatic N) is 1. The van der Waals surface area contributed by atoms with Crippen LogP contribution in [0.5, 0.6) is 0 Å². The number of carbonyl (C=O) groups excluding carboxylic acids is 4. The quantitative estimate of drug-likeness (QED) is 0.287. The zero-order valence-electron chi connectivity index (χ0n) is 23.9. The highest BCUT2D eigenvalue weighted by molar-refractivity contribution is 6.47. The summed E-state index contributed by atoms with van der Waals surface area (Å²) in [5, 5.41) is 20.6. The number of β-amino-alcohol motifs (C(OH)–C–C–N with tert-alkyl or cyclic N) is 1. The molecule has 1 saturated carbocycles. The Bertz CT molecular complexity index is 1130. The van der Waals surface area contributed by atoms with Crippen LogP contribution in [0.4, 0.5) is 0 Å². The fourth-order valence-electron chi connectivity index (χ4n) is 7.36. The van der Waals surface area contributed by atoms with E-state index in [0.717, 1.165) is 0 Å². The SMILES string of the molecule is COC[C@H]1OC(=O)/C(=C\N(CCO)C(C)(C)C)C2C(=O)C(=O)C3=C([C@H](OC(C)=O)C[C@@]4(C)C3CC[C@@H]4O)[C@]21C. The molecule has 0 bridgehead atoms. The van der Waals surface area contributed by atoms with Gasteiger partial charge in [0.05, 0.1) is 30.8 Å². The van der Waals surface area contributed by atoms with Crippen LogP contribution >= 0.6 is 0 Å². The topological polar surface area (TPSA) is 140 Å². The molecular weight excluding hydrogens is 506 g/mol. The highest BCUT2D eigenvalue weighted by atomic mass is 16.6. The third-order valence-electron chi connectivity index (χ3n) is 9.37. The number of ketones is 2. The maximum Gasteiger partial charge on any atom is 0.336 e. The molecule has 4 rings (SSSR count). The Morgan fingerprint density at radius 1 is 1.21 bits per heavy atom. The summed E-state index contributed by atoms with van der Waals surface area (Å²) >= 11 is 0. The van der Waals surface area contributed by atoms with E-state index in [9.17, 15) is 29.4 Å². The Balaban J connectivity index is 2.01. The van der Waals surface area contributed by atoms with Crippen molar-refractivity contribution in [2.75, 3.05) is 26.9 Å². The number of allylic oxidation sites excluding steroid dienone is 1. The van der Waals surface area contributed by atoms with E-state index in [1.807, 2.05) is 27.7 Å². The second-order valence-electron chi connectivity index (χ2n) is 12.7. The predicted molar refractivity (Wildman–Crippen MR) is 139 cm³/mol. The third kappa shape index (κ3) is 4.54. The summed E-state index contributed by atoms with van der Waals surface area (Å²) in [5.41, 5.74) is -1.77. The molecule has 0 aromatic rings. The number of ether oxygens (including phenoxy) is 3. The first-order valence-electron chi connectivity index (χ1n) is 13.6. The lowest BCUT2D eigenvalue weighted by atomic mass is 9.50. The minimum Gasteiger partial charge on any atom is -0.458 e. The van der Waals surface area contributed by atoms with Gasteiger partial charge in [-0.1, -0.05) is 13.8 Å². The molecule has 10 heteroatoms. The number of esters is 2. The molecule has 2 N–H and O–H groups in total. The molecule has 2 unspecified atom stereocenters. The maximum absolute atomic E-state index is 14.1. The van der Waals surface area contributed by atoms with Gasteiger partial charge in [-0.2, -0.15) is 0 Å². The van der Waals surface area contributed by atoms with Gasteiger partial charge in [0.15, 0.2) is 0 Å². The van der Waals surface area contributed by atoms with Gasteiger partial charge >= 0.3 is 11.9 Å². The van der Waals surface area contributed by atoms with Crippen LogP contribution in [-0.2, 0) is 33.4 Å². The van der Waals surface area contributed by atoms with Gasteiger partial charge in [0, 0.05) is 48.7 Å². The van der Waals surface area contributed by atoms with E-state index in [-0.39, 0.29) is 37.3 Å². The van der Waals surface area contributed by atoms with E-state index >= 15 is 0 Å². The second-order valence-corrected chi connectivity index (χ2v) is 12.7. The molecular formula is C29H41NO9. The molecule has 7 atom stereocenters. The summed E-state index contributed by atoms with van der Waals surface area (Å²) < 4.78 is 17.2. The van der Waals surface area contributed by atoms with Gasteiger partial charge in [0.1, 0.15) is 12.2 Å². The number of methoxy groups -OCH3 is 1. The molecule has 39 heavy (non-hydrogen) atoms. The van der Waals surface area contributed by atoms with Gasteiger partial charge in [-0.3, -0.25) is 14.4 Å². The first-order chi connectivity index (χ1) is 18.1. The fourth-order valence-corrected chi connectivity index (χ4v) is 7.36. The number of carbonyl (C=O) groups is 4. The van der Waals surface area contributed by atoms with Crippen molar-refractivity contribution in [1.82, 2.24) is 4.90 Å². The number of rotatable bonds is 6. The highest BCUT2D eigenvalue weighted by Gasteiger charge is 2.67. The summed E-state index contributed by atoms with van der Waals surface area (Å²) in [4.78, 5) is 55.6. The fraction of sp³-hybridized carbons (Fsp3) is 0.724. The zero-order valence-corrected chi connectivity index (χ0v) is 23.9. The molecule has 0 spiro atoms. The van der Waals surface area contributed by atoms with Gasteiger partial charge in [-0.15, -0.1) is 0 Å². The summed E-state index contributed by atoms with van der Waals surface area (Å²) in [6.45, 7) is 10.6. The van der Waals surface area contributed by atoms with E-state index in [0.29, 0.717) is 18.4 Å². The molecule has 3 aliphatic carbocycles. The van der Waals surface area contributed by atoms with Gasteiger partial charge in [-0.05, 0) is 51.5 Å². The van der Waals surface area contributed by atoms with Crippen molar-refractivity contribution in [2.45, 2.75) is 84.7 Å². The minimum absolute atomic E-state index is 0.0134. The average molecular weight is 548 g/mol.